The van der Waals surface area contributed by atoms with E-state index < -0.39 is 0 Å². The van der Waals surface area contributed by atoms with Gasteiger partial charge in [0.2, 0.25) is 0 Å². The molecular weight excluding hydrogens is 345 g/mol. The Bertz CT molecular complexity index is 751. The predicted octanol–water partition coefficient (Wildman–Crippen LogP) is 3.57. The summed E-state index contributed by atoms with van der Waals surface area (Å²) in [4.78, 5) is 12.1. The first-order chi connectivity index (χ1) is 13.1. The van der Waals surface area contributed by atoms with Crippen molar-refractivity contribution in [3.63, 3.8) is 0 Å². The highest BCUT2D eigenvalue weighted by molar-refractivity contribution is 5.89. The summed E-state index contributed by atoms with van der Waals surface area (Å²) in [6.07, 6.45) is 3.01. The third kappa shape index (κ3) is 5.96. The molecule has 5 nitrogen and oxygen atoms in total. The highest BCUT2D eigenvalue weighted by atomic mass is 19.1. The van der Waals surface area contributed by atoms with Crippen LogP contribution in [0.15, 0.2) is 48.5 Å². The van der Waals surface area contributed by atoms with Crippen molar-refractivity contribution in [2.24, 2.45) is 5.92 Å². The number of ether oxygens (including phenoxy) is 1. The number of hydrogen-bond donors (Lipinski definition) is 3. The predicted molar refractivity (Wildman–Crippen MR) is 105 cm³/mol. The molecule has 0 spiro atoms. The summed E-state index contributed by atoms with van der Waals surface area (Å²) < 4.78 is 18.2. The molecule has 2 atom stereocenters. The molecule has 0 radical (unpaired) electrons. The van der Waals surface area contributed by atoms with E-state index in [2.05, 4.69) is 16.0 Å². The van der Waals surface area contributed by atoms with Gasteiger partial charge in [-0.15, -0.1) is 0 Å². The molecule has 0 saturated carbocycles. The van der Waals surface area contributed by atoms with E-state index in [0.29, 0.717) is 23.9 Å². The number of anilines is 1. The SMILES string of the molecule is COc1cccc(NC(=O)NC[C@H]2C[C@@H](Cc3ccc(F)cc3)CCN2)c1. The van der Waals surface area contributed by atoms with Gasteiger partial charge in [-0.25, -0.2) is 9.18 Å². The first-order valence-corrected chi connectivity index (χ1v) is 9.29. The van der Waals surface area contributed by atoms with Crippen LogP contribution in [0, 0.1) is 11.7 Å². The van der Waals surface area contributed by atoms with E-state index in [0.717, 1.165) is 31.4 Å². The van der Waals surface area contributed by atoms with Gasteiger partial charge in [0, 0.05) is 24.3 Å². The van der Waals surface area contributed by atoms with Crippen LogP contribution in [0.3, 0.4) is 0 Å². The Hall–Kier alpha value is -2.60. The molecule has 2 amide bonds. The van der Waals surface area contributed by atoms with Crippen LogP contribution in [-0.2, 0) is 6.42 Å². The van der Waals surface area contributed by atoms with Crippen LogP contribution in [0.4, 0.5) is 14.9 Å². The fraction of sp³-hybridized carbons (Fsp3) is 0.381. The molecule has 3 rings (SSSR count). The van der Waals surface area contributed by atoms with E-state index >= 15 is 0 Å². The highest BCUT2D eigenvalue weighted by Crippen LogP contribution is 2.21. The molecule has 1 heterocycles. The van der Waals surface area contributed by atoms with Crippen molar-refractivity contribution in [3.05, 3.63) is 59.9 Å². The van der Waals surface area contributed by atoms with E-state index in [9.17, 15) is 9.18 Å². The second-order valence-electron chi connectivity index (χ2n) is 6.94. The molecule has 0 bridgehead atoms. The highest BCUT2D eigenvalue weighted by Gasteiger charge is 2.22. The Balaban J connectivity index is 1.44. The second kappa shape index (κ2) is 9.37. The molecule has 1 aliphatic heterocycles. The Morgan fingerprint density at radius 2 is 2.07 bits per heavy atom. The van der Waals surface area contributed by atoms with E-state index in [-0.39, 0.29) is 17.9 Å². The Labute approximate surface area is 159 Å². The molecule has 144 valence electrons. The second-order valence-corrected chi connectivity index (χ2v) is 6.94. The van der Waals surface area contributed by atoms with Crippen LogP contribution in [0.1, 0.15) is 18.4 Å². The third-order valence-electron chi connectivity index (χ3n) is 4.88. The Kier molecular flexibility index (Phi) is 6.65. The summed E-state index contributed by atoms with van der Waals surface area (Å²) in [7, 11) is 1.59. The van der Waals surface area contributed by atoms with Crippen molar-refractivity contribution in [2.75, 3.05) is 25.5 Å². The lowest BCUT2D eigenvalue weighted by Gasteiger charge is -2.30. The average Bonchev–Trinajstić information content (AvgIpc) is 2.69. The number of carbonyl (C=O) groups is 1. The maximum Gasteiger partial charge on any atom is 0.319 e. The average molecular weight is 371 g/mol. The van der Waals surface area contributed by atoms with Crippen molar-refractivity contribution >= 4 is 11.7 Å². The molecule has 1 fully saturated rings. The summed E-state index contributed by atoms with van der Waals surface area (Å²) in [5, 5.41) is 9.21. The van der Waals surface area contributed by atoms with Gasteiger partial charge in [-0.3, -0.25) is 0 Å². The first kappa shape index (κ1) is 19.2. The van der Waals surface area contributed by atoms with Crippen molar-refractivity contribution in [3.8, 4) is 5.75 Å². The lowest BCUT2D eigenvalue weighted by atomic mass is 9.87. The van der Waals surface area contributed by atoms with Crippen molar-refractivity contribution in [1.29, 1.82) is 0 Å². The van der Waals surface area contributed by atoms with Crippen LogP contribution in [-0.4, -0.2) is 32.3 Å². The zero-order valence-corrected chi connectivity index (χ0v) is 15.5. The minimum atomic E-state index is -0.231. The lowest BCUT2D eigenvalue weighted by molar-refractivity contribution is 0.246. The molecule has 0 aromatic heterocycles. The van der Waals surface area contributed by atoms with Gasteiger partial charge < -0.3 is 20.7 Å². The third-order valence-corrected chi connectivity index (χ3v) is 4.88. The summed E-state index contributed by atoms with van der Waals surface area (Å²) in [6.45, 7) is 1.49. The van der Waals surface area contributed by atoms with Gasteiger partial charge in [0.25, 0.3) is 0 Å². The van der Waals surface area contributed by atoms with Crippen molar-refractivity contribution in [2.45, 2.75) is 25.3 Å². The van der Waals surface area contributed by atoms with E-state index in [1.165, 1.54) is 12.1 Å². The van der Waals surface area contributed by atoms with Crippen LogP contribution >= 0.6 is 0 Å². The quantitative estimate of drug-likeness (QED) is 0.727. The van der Waals surface area contributed by atoms with Crippen molar-refractivity contribution < 1.29 is 13.9 Å². The van der Waals surface area contributed by atoms with Gasteiger partial charge in [-0.1, -0.05) is 18.2 Å². The number of urea groups is 1. The Morgan fingerprint density at radius 3 is 2.85 bits per heavy atom. The van der Waals surface area contributed by atoms with Crippen LogP contribution in [0.5, 0.6) is 5.75 Å². The number of carbonyl (C=O) groups excluding carboxylic acids is 1. The normalized spacial score (nSPS) is 19.3. The molecule has 3 N–H and O–H groups in total. The Morgan fingerprint density at radius 1 is 1.26 bits per heavy atom. The number of rotatable bonds is 6. The molecule has 27 heavy (non-hydrogen) atoms. The molecule has 6 heteroatoms. The number of benzene rings is 2. The maximum atomic E-state index is 13.0. The number of piperidine rings is 1. The van der Waals surface area contributed by atoms with E-state index in [1.54, 1.807) is 13.2 Å². The van der Waals surface area contributed by atoms with Crippen LogP contribution < -0.4 is 20.7 Å². The largest absolute Gasteiger partial charge is 0.497 e. The minimum Gasteiger partial charge on any atom is -0.497 e. The fourth-order valence-corrected chi connectivity index (χ4v) is 3.48. The van der Waals surface area contributed by atoms with Gasteiger partial charge in [0.1, 0.15) is 11.6 Å². The van der Waals surface area contributed by atoms with E-state index in [1.807, 2.05) is 30.3 Å². The molecule has 1 saturated heterocycles. The van der Waals surface area contributed by atoms with Gasteiger partial charge >= 0.3 is 6.03 Å². The van der Waals surface area contributed by atoms with Gasteiger partial charge in [-0.05, 0) is 61.6 Å². The van der Waals surface area contributed by atoms with Gasteiger partial charge in [0.15, 0.2) is 0 Å². The smallest absolute Gasteiger partial charge is 0.319 e. The number of nitrogens with one attached hydrogen (secondary N) is 3. The fourth-order valence-electron chi connectivity index (χ4n) is 3.48. The number of amides is 2. The number of halogens is 1. The topological polar surface area (TPSA) is 62.4 Å². The first-order valence-electron chi connectivity index (χ1n) is 9.29. The molecule has 0 aliphatic carbocycles. The lowest BCUT2D eigenvalue weighted by Crippen LogP contribution is -2.47. The van der Waals surface area contributed by atoms with Gasteiger partial charge in [0.05, 0.1) is 7.11 Å². The number of methoxy groups -OCH3 is 1. The number of hydrogen-bond acceptors (Lipinski definition) is 3. The van der Waals surface area contributed by atoms with Crippen molar-refractivity contribution in [1.82, 2.24) is 10.6 Å². The molecule has 2 aromatic carbocycles. The zero-order chi connectivity index (χ0) is 19.1. The summed E-state index contributed by atoms with van der Waals surface area (Å²) in [5.41, 5.74) is 1.85. The summed E-state index contributed by atoms with van der Waals surface area (Å²) in [6, 6.07) is 14.0. The minimum absolute atomic E-state index is 0.201. The monoisotopic (exact) mass is 371 g/mol. The molecule has 0 unspecified atom stereocenters. The molecule has 2 aromatic rings. The van der Waals surface area contributed by atoms with Crippen LogP contribution in [0.2, 0.25) is 0 Å². The molecular formula is C21H26FN3O2. The standard InChI is InChI=1S/C21H26FN3O2/c1-27-20-4-2-3-18(13-20)25-21(26)24-14-19-12-16(9-10-23-19)11-15-5-7-17(22)8-6-15/h2-8,13,16,19,23H,9-12,14H2,1H3,(H2,24,25,26)/t16-,19-/m1/s1. The maximum absolute atomic E-state index is 13.0. The summed E-state index contributed by atoms with van der Waals surface area (Å²) >= 11 is 0. The van der Waals surface area contributed by atoms with Gasteiger partial charge in [-0.2, -0.15) is 0 Å². The van der Waals surface area contributed by atoms with Crippen LogP contribution in [0.25, 0.3) is 0 Å². The molecule has 1 aliphatic rings. The summed E-state index contributed by atoms with van der Waals surface area (Å²) in [5.74, 6) is 1.03. The zero-order valence-electron chi connectivity index (χ0n) is 15.5. The van der Waals surface area contributed by atoms with E-state index in [4.69, 9.17) is 4.74 Å².